The molecule has 16 heteroatoms. The summed E-state index contributed by atoms with van der Waals surface area (Å²) in [5.41, 5.74) is 1.74. The molecule has 48 heavy (non-hydrogen) atoms. The molecule has 4 atom stereocenters. The summed E-state index contributed by atoms with van der Waals surface area (Å²) in [4.78, 5) is 12.2. The molecule has 7 rings (SSSR count). The average Bonchev–Trinajstić information content (AvgIpc) is 3.81. The highest BCUT2D eigenvalue weighted by molar-refractivity contribution is 7.23. The number of rotatable bonds is 7. The summed E-state index contributed by atoms with van der Waals surface area (Å²) in [6.45, 7) is 0.571. The summed E-state index contributed by atoms with van der Waals surface area (Å²) in [7, 11) is 1.53. The fraction of sp³-hybridized carbons (Fsp3) is 0.469. The first kappa shape index (κ1) is 32.6. The van der Waals surface area contributed by atoms with Gasteiger partial charge in [-0.15, -0.1) is 11.3 Å². The second-order valence-corrected chi connectivity index (χ2v) is 13.7. The quantitative estimate of drug-likeness (QED) is 0.216. The maximum atomic E-state index is 17.0. The van der Waals surface area contributed by atoms with E-state index in [1.807, 2.05) is 4.90 Å². The first-order valence-electron chi connectivity index (χ1n) is 15.4. The lowest BCUT2D eigenvalue weighted by molar-refractivity contribution is -0.137. The van der Waals surface area contributed by atoms with Crippen molar-refractivity contribution in [3.8, 4) is 23.2 Å². The van der Waals surface area contributed by atoms with Crippen LogP contribution in [0.1, 0.15) is 36.8 Å². The maximum Gasteiger partial charge on any atom is 0.417 e. The Hall–Kier alpha value is -3.94. The number of alkyl halides is 5. The van der Waals surface area contributed by atoms with Crippen LogP contribution in [0, 0.1) is 23.0 Å². The van der Waals surface area contributed by atoms with Gasteiger partial charge in [-0.1, -0.05) is 6.07 Å². The molecule has 2 aromatic heterocycles. The van der Waals surface area contributed by atoms with Gasteiger partial charge in [0, 0.05) is 42.4 Å². The van der Waals surface area contributed by atoms with E-state index >= 15 is 4.39 Å². The fourth-order valence-corrected chi connectivity index (χ4v) is 8.65. The van der Waals surface area contributed by atoms with Crippen LogP contribution in [0.4, 0.5) is 41.6 Å². The molecule has 0 bridgehead atoms. The van der Waals surface area contributed by atoms with E-state index in [1.165, 1.54) is 11.9 Å². The number of ether oxygens (including phenoxy) is 1. The number of halogens is 7. The van der Waals surface area contributed by atoms with Crippen molar-refractivity contribution in [2.45, 2.75) is 55.7 Å². The molecular formula is C32H30F7N7OS. The number of nitriles is 1. The van der Waals surface area contributed by atoms with E-state index in [0.717, 1.165) is 24.6 Å². The molecule has 254 valence electrons. The van der Waals surface area contributed by atoms with Crippen LogP contribution >= 0.6 is 11.3 Å². The van der Waals surface area contributed by atoms with Crippen molar-refractivity contribution in [2.75, 3.05) is 50.6 Å². The molecule has 0 amide bonds. The monoisotopic (exact) mass is 693 g/mol. The van der Waals surface area contributed by atoms with Gasteiger partial charge in [0.1, 0.15) is 47.7 Å². The van der Waals surface area contributed by atoms with Gasteiger partial charge < -0.3 is 20.7 Å². The molecule has 0 unspecified atom stereocenters. The van der Waals surface area contributed by atoms with Gasteiger partial charge >= 0.3 is 12.2 Å². The van der Waals surface area contributed by atoms with Crippen LogP contribution in [-0.2, 0) is 6.18 Å². The van der Waals surface area contributed by atoms with E-state index in [2.05, 4.69) is 15.3 Å². The van der Waals surface area contributed by atoms with Crippen molar-refractivity contribution < 1.29 is 35.5 Å². The van der Waals surface area contributed by atoms with Crippen LogP contribution < -0.4 is 20.7 Å². The summed E-state index contributed by atoms with van der Waals surface area (Å²) >= 11 is 0.670. The number of hydrogen-bond acceptors (Lipinski definition) is 9. The molecule has 5 heterocycles. The summed E-state index contributed by atoms with van der Waals surface area (Å²) in [6, 6.07) is 2.83. The Labute approximate surface area is 274 Å². The summed E-state index contributed by atoms with van der Waals surface area (Å²) in [5, 5.41) is 12.1. The van der Waals surface area contributed by atoms with Gasteiger partial charge in [0.05, 0.1) is 27.4 Å². The van der Waals surface area contributed by atoms with E-state index in [9.17, 15) is 31.6 Å². The molecule has 8 nitrogen and oxygen atoms in total. The van der Waals surface area contributed by atoms with Crippen molar-refractivity contribution in [2.24, 2.45) is 0 Å². The largest absolute Gasteiger partial charge is 0.461 e. The summed E-state index contributed by atoms with van der Waals surface area (Å²) in [5.74, 6) is -2.35. The van der Waals surface area contributed by atoms with E-state index in [1.54, 1.807) is 6.07 Å². The number of nitrogen functional groups attached to an aromatic ring is 1. The van der Waals surface area contributed by atoms with E-state index in [0.29, 0.717) is 37.3 Å². The zero-order valence-electron chi connectivity index (χ0n) is 25.6. The Kier molecular flexibility index (Phi) is 8.07. The third-order valence-corrected chi connectivity index (χ3v) is 11.0. The molecule has 3 fully saturated rings. The Morgan fingerprint density at radius 1 is 1.27 bits per heavy atom. The van der Waals surface area contributed by atoms with Gasteiger partial charge in [0.25, 0.3) is 0 Å². The Bertz CT molecular complexity index is 1960. The average molecular weight is 694 g/mol. The molecule has 3 saturated heterocycles. The van der Waals surface area contributed by atoms with Crippen LogP contribution in [0.3, 0.4) is 0 Å². The van der Waals surface area contributed by atoms with E-state index in [4.69, 9.17) is 10.5 Å². The fourth-order valence-electron chi connectivity index (χ4n) is 7.70. The van der Waals surface area contributed by atoms with Gasteiger partial charge in [-0.05, 0) is 50.0 Å². The van der Waals surface area contributed by atoms with Gasteiger partial charge in [0.2, 0.25) is 0 Å². The number of nitrogens with zero attached hydrogens (tertiary/aromatic N) is 5. The Morgan fingerprint density at radius 3 is 2.79 bits per heavy atom. The highest BCUT2D eigenvalue weighted by atomic mass is 32.1. The van der Waals surface area contributed by atoms with Gasteiger partial charge in [-0.2, -0.15) is 28.4 Å². The normalized spacial score (nSPS) is 24.4. The number of aromatic nitrogens is 2. The highest BCUT2D eigenvalue weighted by Gasteiger charge is 2.49. The smallest absolute Gasteiger partial charge is 0.417 e. The van der Waals surface area contributed by atoms with Gasteiger partial charge in [0.15, 0.2) is 5.82 Å². The molecule has 4 aromatic rings. The zero-order chi connectivity index (χ0) is 34.1. The molecular weight excluding hydrogens is 663 g/mol. The lowest BCUT2D eigenvalue weighted by Gasteiger charge is -2.32. The van der Waals surface area contributed by atoms with E-state index in [-0.39, 0.29) is 57.4 Å². The molecule has 3 aliphatic heterocycles. The number of benzene rings is 2. The SMILES string of the molecule is CN(c1nc(OC[C@@]23CCCN2C[C@H](F)C3)nc2c(F)c(-c3ccc(F)c4sc(N)c(C#N)c34)c(C(F)(F)F)cc12)[C@@H]1CCN[C@@H]1CF. The first-order valence-corrected chi connectivity index (χ1v) is 16.2. The lowest BCUT2D eigenvalue weighted by Crippen LogP contribution is -2.44. The number of anilines is 2. The number of fused-ring (bicyclic) bond motifs is 3. The number of nitrogens with two attached hydrogens (primary N) is 1. The van der Waals surface area contributed by atoms with Crippen molar-refractivity contribution in [3.63, 3.8) is 0 Å². The summed E-state index contributed by atoms with van der Waals surface area (Å²) < 4.78 is 111. The third kappa shape index (κ3) is 5.17. The van der Waals surface area contributed by atoms with Crippen molar-refractivity contribution in [1.29, 1.82) is 5.26 Å². The zero-order valence-corrected chi connectivity index (χ0v) is 26.4. The van der Waals surface area contributed by atoms with Crippen molar-refractivity contribution in [3.05, 3.63) is 41.0 Å². The van der Waals surface area contributed by atoms with Crippen LogP contribution in [-0.4, -0.2) is 78.6 Å². The number of thiophene rings is 1. The Balaban J connectivity index is 1.46. The molecule has 0 spiro atoms. The second-order valence-electron chi connectivity index (χ2n) is 12.6. The predicted octanol–water partition coefficient (Wildman–Crippen LogP) is 6.35. The Morgan fingerprint density at radius 2 is 2.06 bits per heavy atom. The third-order valence-electron chi connectivity index (χ3n) is 9.93. The minimum absolute atomic E-state index is 0.0342. The topological polar surface area (TPSA) is 103 Å². The van der Waals surface area contributed by atoms with Gasteiger partial charge in [-0.3, -0.25) is 4.90 Å². The molecule has 2 aromatic carbocycles. The number of hydrogen-bond donors (Lipinski definition) is 2. The predicted molar refractivity (Wildman–Crippen MR) is 168 cm³/mol. The molecule has 3 aliphatic rings. The minimum Gasteiger partial charge on any atom is -0.461 e. The lowest BCUT2D eigenvalue weighted by atomic mass is 9.92. The first-order chi connectivity index (χ1) is 22.9. The maximum absolute atomic E-state index is 17.0. The standard InChI is InChI=1S/C32H30F7N7OS/c1-45(22-5-7-42-21(22)11-33)29-17-9-19(32(37,38)39)24(16-3-4-20(35)27-23(16)18(12-40)28(41)48-27)25(36)26(17)43-30(44-29)47-14-31-6-2-8-46(31)13-15(34)10-31/h3-4,9,15,21-22,42H,2,5-8,10-11,13-14,41H2,1H3/t15-,21-,22-,31+/m1/s1. The number of nitrogens with one attached hydrogen (secondary N) is 1. The summed E-state index contributed by atoms with van der Waals surface area (Å²) in [6.07, 6.45) is -4.06. The highest BCUT2D eigenvalue weighted by Crippen LogP contribution is 2.48. The van der Waals surface area contributed by atoms with Crippen LogP contribution in [0.15, 0.2) is 18.2 Å². The van der Waals surface area contributed by atoms with Crippen LogP contribution in [0.5, 0.6) is 6.01 Å². The van der Waals surface area contributed by atoms with Crippen molar-refractivity contribution >= 4 is 43.1 Å². The minimum atomic E-state index is -5.13. The second kappa shape index (κ2) is 11.9. The van der Waals surface area contributed by atoms with Gasteiger partial charge in [-0.25, -0.2) is 17.6 Å². The van der Waals surface area contributed by atoms with Crippen LogP contribution in [0.25, 0.3) is 32.1 Å². The van der Waals surface area contributed by atoms with Crippen LogP contribution in [0.2, 0.25) is 0 Å². The van der Waals surface area contributed by atoms with Crippen molar-refractivity contribution in [1.82, 2.24) is 20.2 Å². The molecule has 3 N–H and O–H groups in total. The number of likely N-dealkylation sites (N-methyl/N-ethyl adjacent to an activating group) is 1. The molecule has 0 aliphatic carbocycles. The molecule has 0 saturated carbocycles. The van der Waals surface area contributed by atoms with E-state index < -0.39 is 70.5 Å². The molecule has 0 radical (unpaired) electrons.